The summed E-state index contributed by atoms with van der Waals surface area (Å²) in [5, 5.41) is 3.49. The van der Waals surface area contributed by atoms with Gasteiger partial charge in [0.2, 0.25) is 11.8 Å². The minimum Gasteiger partial charge on any atom is -0.495 e. The summed E-state index contributed by atoms with van der Waals surface area (Å²) in [4.78, 5) is 29.2. The Hall–Kier alpha value is -3.76. The highest BCUT2D eigenvalue weighted by Gasteiger charge is 2.35. The Bertz CT molecular complexity index is 1770. The molecule has 45 heavy (non-hydrogen) atoms. The zero-order valence-corrected chi connectivity index (χ0v) is 27.9. The monoisotopic (exact) mass is 687 g/mol. The molecule has 1 atom stereocenters. The highest BCUT2D eigenvalue weighted by molar-refractivity contribution is 7.92. The third-order valence-electron chi connectivity index (χ3n) is 7.15. The van der Waals surface area contributed by atoms with Crippen LogP contribution in [-0.2, 0) is 32.6 Å². The van der Waals surface area contributed by atoms with Gasteiger partial charge < -0.3 is 15.0 Å². The van der Waals surface area contributed by atoms with Crippen molar-refractivity contribution in [2.45, 2.75) is 30.8 Å². The number of carbonyl (C=O) groups is 2. The van der Waals surface area contributed by atoms with Gasteiger partial charge in [-0.25, -0.2) is 8.42 Å². The number of amides is 2. The molecule has 0 aliphatic rings. The fourth-order valence-electron chi connectivity index (χ4n) is 4.76. The number of halogens is 3. The Morgan fingerprint density at radius 3 is 2.18 bits per heavy atom. The molecule has 0 aliphatic heterocycles. The van der Waals surface area contributed by atoms with Gasteiger partial charge in [0.1, 0.15) is 18.3 Å². The van der Waals surface area contributed by atoms with Gasteiger partial charge >= 0.3 is 0 Å². The van der Waals surface area contributed by atoms with Gasteiger partial charge in [0.05, 0.1) is 27.7 Å². The number of nitrogens with one attached hydrogen (secondary N) is 1. The average molecular weight is 689 g/mol. The van der Waals surface area contributed by atoms with Crippen LogP contribution in [0.4, 0.5) is 5.69 Å². The van der Waals surface area contributed by atoms with E-state index >= 15 is 0 Å². The van der Waals surface area contributed by atoms with Crippen LogP contribution >= 0.6 is 34.8 Å². The number of hydrogen-bond donors (Lipinski definition) is 1. The van der Waals surface area contributed by atoms with Gasteiger partial charge in [0.15, 0.2) is 0 Å². The van der Waals surface area contributed by atoms with Crippen molar-refractivity contribution in [3.05, 3.63) is 123 Å². The summed E-state index contributed by atoms with van der Waals surface area (Å²) in [5.41, 5.74) is 2.32. The van der Waals surface area contributed by atoms with E-state index in [-0.39, 0.29) is 39.3 Å². The van der Waals surface area contributed by atoms with E-state index in [2.05, 4.69) is 5.32 Å². The van der Waals surface area contributed by atoms with Crippen LogP contribution in [0, 0.1) is 6.92 Å². The zero-order valence-electron chi connectivity index (χ0n) is 24.8. The average Bonchev–Trinajstić information content (AvgIpc) is 3.03. The summed E-state index contributed by atoms with van der Waals surface area (Å²) in [7, 11) is -1.46. The minimum atomic E-state index is -4.34. The Morgan fingerprint density at radius 1 is 0.867 bits per heavy atom. The summed E-state index contributed by atoms with van der Waals surface area (Å²) < 4.78 is 34.9. The van der Waals surface area contributed by atoms with E-state index in [9.17, 15) is 18.0 Å². The quantitative estimate of drug-likeness (QED) is 0.182. The summed E-state index contributed by atoms with van der Waals surface area (Å²) >= 11 is 18.8. The molecule has 236 valence electrons. The number of ether oxygens (including phenoxy) is 1. The summed E-state index contributed by atoms with van der Waals surface area (Å²) in [6.07, 6.45) is 0.165. The van der Waals surface area contributed by atoms with E-state index in [0.29, 0.717) is 10.6 Å². The highest BCUT2D eigenvalue weighted by Crippen LogP contribution is 2.35. The molecule has 0 heterocycles. The number of benzene rings is 4. The Labute approximate surface area is 278 Å². The van der Waals surface area contributed by atoms with Gasteiger partial charge in [-0.1, -0.05) is 88.9 Å². The summed E-state index contributed by atoms with van der Waals surface area (Å²) in [6, 6.07) is 23.9. The normalized spacial score (nSPS) is 11.9. The molecule has 0 saturated carbocycles. The molecule has 4 aromatic carbocycles. The molecule has 0 bridgehead atoms. The van der Waals surface area contributed by atoms with E-state index < -0.39 is 34.4 Å². The molecule has 0 radical (unpaired) electrons. The number of sulfonamides is 1. The number of carbonyl (C=O) groups excluding carboxylic acids is 2. The molecule has 1 N–H and O–H groups in total. The van der Waals surface area contributed by atoms with Crippen LogP contribution in [0.1, 0.15) is 16.7 Å². The van der Waals surface area contributed by atoms with Gasteiger partial charge in [0.25, 0.3) is 10.0 Å². The lowest BCUT2D eigenvalue weighted by atomic mass is 10.0. The van der Waals surface area contributed by atoms with Crippen molar-refractivity contribution in [1.82, 2.24) is 10.2 Å². The smallest absolute Gasteiger partial charge is 0.264 e. The lowest BCUT2D eigenvalue weighted by molar-refractivity contribution is -0.139. The van der Waals surface area contributed by atoms with Crippen LogP contribution in [0.2, 0.25) is 15.1 Å². The molecule has 0 saturated heterocycles. The second kappa shape index (κ2) is 15.0. The second-order valence-corrected chi connectivity index (χ2v) is 13.3. The predicted molar refractivity (Wildman–Crippen MR) is 179 cm³/mol. The molecule has 0 unspecified atom stereocenters. The third kappa shape index (κ3) is 8.29. The van der Waals surface area contributed by atoms with E-state index in [1.54, 1.807) is 36.4 Å². The molecule has 0 fully saturated rings. The molecule has 12 heteroatoms. The molecular weight excluding hydrogens is 657 g/mol. The molecule has 0 spiro atoms. The first-order valence-electron chi connectivity index (χ1n) is 13.9. The molecule has 0 aromatic heterocycles. The van der Waals surface area contributed by atoms with Gasteiger partial charge in [-0.3, -0.25) is 13.9 Å². The summed E-state index contributed by atoms with van der Waals surface area (Å²) in [5.74, 6) is -0.894. The maximum Gasteiger partial charge on any atom is 0.264 e. The standard InChI is InChI=1S/C33H32Cl3N3O5S/c1-22-9-13-26(14-10-22)45(42,43)39(29-19-25(34)12-16-31(29)44-3)21-32(40)38(20-24-11-15-27(35)28(36)17-24)30(33(41)37-2)18-23-7-5-4-6-8-23/h4-17,19,30H,18,20-21H2,1-3H3,(H,37,41)/t30-/m1/s1. The number of likely N-dealkylation sites (N-methyl/N-ethyl adjacent to an activating group) is 1. The largest absolute Gasteiger partial charge is 0.495 e. The van der Waals surface area contributed by atoms with Crippen LogP contribution in [0.3, 0.4) is 0 Å². The Balaban J connectivity index is 1.85. The molecule has 8 nitrogen and oxygen atoms in total. The van der Waals surface area contributed by atoms with Gasteiger partial charge in [0, 0.05) is 25.0 Å². The summed E-state index contributed by atoms with van der Waals surface area (Å²) in [6.45, 7) is 1.10. The van der Waals surface area contributed by atoms with Gasteiger partial charge in [-0.2, -0.15) is 0 Å². The molecule has 4 rings (SSSR count). The van der Waals surface area contributed by atoms with Crippen molar-refractivity contribution in [3.8, 4) is 5.75 Å². The fourth-order valence-corrected chi connectivity index (χ4v) is 6.67. The van der Waals surface area contributed by atoms with Gasteiger partial charge in [-0.05, 0) is 60.5 Å². The maximum absolute atomic E-state index is 14.5. The van der Waals surface area contributed by atoms with E-state index in [0.717, 1.165) is 15.4 Å². The number of rotatable bonds is 12. The lowest BCUT2D eigenvalue weighted by Crippen LogP contribution is -2.53. The van der Waals surface area contributed by atoms with Crippen LogP contribution in [0.25, 0.3) is 0 Å². The van der Waals surface area contributed by atoms with Crippen molar-refractivity contribution in [2.75, 3.05) is 25.0 Å². The zero-order chi connectivity index (χ0) is 32.7. The van der Waals surface area contributed by atoms with E-state index in [4.69, 9.17) is 39.5 Å². The van der Waals surface area contributed by atoms with Crippen LogP contribution in [-0.4, -0.2) is 51.9 Å². The van der Waals surface area contributed by atoms with Crippen molar-refractivity contribution >= 4 is 62.3 Å². The first kappa shape index (κ1) is 34.1. The first-order valence-corrected chi connectivity index (χ1v) is 16.4. The molecule has 2 amide bonds. The Morgan fingerprint density at radius 2 is 1.56 bits per heavy atom. The number of aryl methyl sites for hydroxylation is 1. The second-order valence-electron chi connectivity index (χ2n) is 10.2. The van der Waals surface area contributed by atoms with Crippen LogP contribution in [0.5, 0.6) is 5.75 Å². The third-order valence-corrected chi connectivity index (χ3v) is 9.90. The molecular formula is C33H32Cl3N3O5S. The number of anilines is 1. The van der Waals surface area contributed by atoms with Crippen molar-refractivity contribution in [1.29, 1.82) is 0 Å². The topological polar surface area (TPSA) is 96.0 Å². The molecule has 4 aromatic rings. The maximum atomic E-state index is 14.5. The van der Waals surface area contributed by atoms with E-state index in [1.165, 1.54) is 43.3 Å². The number of nitrogens with zero attached hydrogens (tertiary/aromatic N) is 2. The molecule has 0 aliphatic carbocycles. The fraction of sp³-hybridized carbons (Fsp3) is 0.212. The van der Waals surface area contributed by atoms with Crippen molar-refractivity contribution in [2.24, 2.45) is 0 Å². The SMILES string of the molecule is CNC(=O)[C@@H](Cc1ccccc1)N(Cc1ccc(Cl)c(Cl)c1)C(=O)CN(c1cc(Cl)ccc1OC)S(=O)(=O)c1ccc(C)cc1. The highest BCUT2D eigenvalue weighted by atomic mass is 35.5. The van der Waals surface area contributed by atoms with Gasteiger partial charge in [-0.15, -0.1) is 0 Å². The number of hydrogen-bond acceptors (Lipinski definition) is 5. The van der Waals surface area contributed by atoms with Crippen molar-refractivity contribution < 1.29 is 22.7 Å². The first-order chi connectivity index (χ1) is 21.4. The van der Waals surface area contributed by atoms with E-state index in [1.807, 2.05) is 37.3 Å². The minimum absolute atomic E-state index is 0.0360. The predicted octanol–water partition coefficient (Wildman–Crippen LogP) is 6.55. The lowest BCUT2D eigenvalue weighted by Gasteiger charge is -2.34. The van der Waals surface area contributed by atoms with Crippen LogP contribution < -0.4 is 14.4 Å². The number of methoxy groups -OCH3 is 1. The van der Waals surface area contributed by atoms with Crippen LogP contribution in [0.15, 0.2) is 95.9 Å². The Kier molecular flexibility index (Phi) is 11.4. The van der Waals surface area contributed by atoms with Crippen molar-refractivity contribution in [3.63, 3.8) is 0 Å².